The Morgan fingerprint density at radius 2 is 2.00 bits per heavy atom. The first-order chi connectivity index (χ1) is 9.62. The Morgan fingerprint density at radius 3 is 2.52 bits per heavy atom. The molecule has 2 aromatic rings. The Morgan fingerprint density at radius 1 is 1.33 bits per heavy atom. The number of aromatic amines is 1. The van der Waals surface area contributed by atoms with Crippen LogP contribution in [0.1, 0.15) is 38.9 Å². The van der Waals surface area contributed by atoms with Crippen LogP contribution >= 0.6 is 0 Å². The highest BCUT2D eigenvalue weighted by Gasteiger charge is 2.23. The summed E-state index contributed by atoms with van der Waals surface area (Å²) in [6.07, 6.45) is 2.09. The van der Waals surface area contributed by atoms with Gasteiger partial charge in [0.1, 0.15) is 11.3 Å². The Bertz CT molecular complexity index is 742. The molecule has 0 bridgehead atoms. The quantitative estimate of drug-likeness (QED) is 0.908. The van der Waals surface area contributed by atoms with E-state index in [0.717, 1.165) is 17.8 Å². The summed E-state index contributed by atoms with van der Waals surface area (Å²) in [5.74, 6) is 0.850. The summed E-state index contributed by atoms with van der Waals surface area (Å²) in [6.45, 7) is 6.94. The predicted octanol–water partition coefficient (Wildman–Crippen LogP) is 2.44. The normalized spacial score (nSPS) is 14.5. The van der Waals surface area contributed by atoms with E-state index in [-0.39, 0.29) is 16.2 Å². The molecule has 3 N–H and O–H groups in total. The first-order valence-corrected chi connectivity index (χ1v) is 8.90. The van der Waals surface area contributed by atoms with Crippen molar-refractivity contribution in [2.45, 2.75) is 38.0 Å². The number of nitrogens with zero attached hydrogens (tertiary/aromatic N) is 1. The van der Waals surface area contributed by atoms with Crippen LogP contribution in [0.4, 0.5) is 0 Å². The zero-order valence-electron chi connectivity index (χ0n) is 13.0. The molecular formula is C15H23N3O2S. The minimum atomic E-state index is -3.30. The van der Waals surface area contributed by atoms with Gasteiger partial charge in [-0.05, 0) is 24.0 Å². The maximum Gasteiger partial charge on any atom is 0.177 e. The molecule has 0 aliphatic rings. The minimum Gasteiger partial charge on any atom is -0.342 e. The third-order valence-electron chi connectivity index (χ3n) is 3.42. The molecule has 0 spiro atoms. The lowest BCUT2D eigenvalue weighted by Gasteiger charge is -2.23. The van der Waals surface area contributed by atoms with Gasteiger partial charge in [0, 0.05) is 18.7 Å². The van der Waals surface area contributed by atoms with Gasteiger partial charge in [-0.15, -0.1) is 0 Å². The number of H-pyrrole nitrogens is 1. The van der Waals surface area contributed by atoms with Crippen LogP contribution in [-0.4, -0.2) is 31.2 Å². The average Bonchev–Trinajstić information content (AvgIpc) is 2.76. The monoisotopic (exact) mass is 309 g/mol. The molecule has 6 heteroatoms. The van der Waals surface area contributed by atoms with Gasteiger partial charge in [-0.25, -0.2) is 13.4 Å². The maximum atomic E-state index is 11.8. The summed E-state index contributed by atoms with van der Waals surface area (Å²) >= 11 is 0. The van der Waals surface area contributed by atoms with Crippen molar-refractivity contribution in [1.29, 1.82) is 0 Å². The summed E-state index contributed by atoms with van der Waals surface area (Å²) in [7, 11) is -3.30. The lowest BCUT2D eigenvalue weighted by Crippen LogP contribution is -2.20. The Balaban J connectivity index is 2.52. The molecule has 2 rings (SSSR count). The van der Waals surface area contributed by atoms with Gasteiger partial charge in [-0.3, -0.25) is 0 Å². The van der Waals surface area contributed by atoms with Gasteiger partial charge in [0.15, 0.2) is 9.84 Å². The van der Waals surface area contributed by atoms with E-state index in [2.05, 4.69) is 30.7 Å². The fourth-order valence-electron chi connectivity index (χ4n) is 2.55. The van der Waals surface area contributed by atoms with Crippen molar-refractivity contribution in [2.24, 2.45) is 11.1 Å². The molecule has 0 aliphatic heterocycles. The Hall–Kier alpha value is -1.40. The van der Waals surface area contributed by atoms with Gasteiger partial charge in [0.25, 0.3) is 0 Å². The third kappa shape index (κ3) is 3.63. The number of hydrogen-bond acceptors (Lipinski definition) is 4. The number of nitrogens with one attached hydrogen (secondary N) is 1. The van der Waals surface area contributed by atoms with Crippen molar-refractivity contribution >= 4 is 20.9 Å². The fraction of sp³-hybridized carbons (Fsp3) is 0.533. The standard InChI is InChI=1S/C15H23N3O2S/c1-15(2,3)8-10(9-16)14-17-11-6-5-7-12(13(11)18-14)21(4,19)20/h5-7,10H,8-9,16H2,1-4H3,(H,17,18). The second kappa shape index (κ2) is 5.42. The average molecular weight is 309 g/mol. The Labute approximate surface area is 125 Å². The molecule has 0 saturated carbocycles. The third-order valence-corrected chi connectivity index (χ3v) is 4.55. The van der Waals surface area contributed by atoms with Gasteiger partial charge in [-0.1, -0.05) is 26.8 Å². The van der Waals surface area contributed by atoms with Crippen LogP contribution in [0.3, 0.4) is 0 Å². The lowest BCUT2D eigenvalue weighted by atomic mass is 9.84. The highest BCUT2D eigenvalue weighted by molar-refractivity contribution is 7.91. The van der Waals surface area contributed by atoms with E-state index in [9.17, 15) is 8.42 Å². The maximum absolute atomic E-state index is 11.8. The zero-order chi connectivity index (χ0) is 15.8. The second-order valence-corrected chi connectivity index (χ2v) is 8.73. The zero-order valence-corrected chi connectivity index (χ0v) is 13.8. The van der Waals surface area contributed by atoms with E-state index in [0.29, 0.717) is 12.1 Å². The Kier molecular flexibility index (Phi) is 4.13. The van der Waals surface area contributed by atoms with Gasteiger partial charge in [0.2, 0.25) is 0 Å². The van der Waals surface area contributed by atoms with E-state index < -0.39 is 9.84 Å². The topological polar surface area (TPSA) is 88.8 Å². The summed E-state index contributed by atoms with van der Waals surface area (Å²) in [6, 6.07) is 5.15. The molecule has 1 atom stereocenters. The number of sulfone groups is 1. The molecule has 0 amide bonds. The van der Waals surface area contributed by atoms with Crippen molar-refractivity contribution in [3.63, 3.8) is 0 Å². The lowest BCUT2D eigenvalue weighted by molar-refractivity contribution is 0.337. The van der Waals surface area contributed by atoms with Crippen molar-refractivity contribution in [3.05, 3.63) is 24.0 Å². The van der Waals surface area contributed by atoms with Gasteiger partial charge < -0.3 is 10.7 Å². The highest BCUT2D eigenvalue weighted by atomic mass is 32.2. The number of aromatic nitrogens is 2. The van der Waals surface area contributed by atoms with Crippen LogP contribution in [0.2, 0.25) is 0 Å². The van der Waals surface area contributed by atoms with Crippen molar-refractivity contribution in [3.8, 4) is 0 Å². The number of para-hydroxylation sites is 1. The van der Waals surface area contributed by atoms with Crippen LogP contribution in [0, 0.1) is 5.41 Å². The number of nitrogens with two attached hydrogens (primary N) is 1. The number of rotatable bonds is 4. The molecule has 21 heavy (non-hydrogen) atoms. The number of imidazole rings is 1. The molecule has 0 saturated heterocycles. The van der Waals surface area contributed by atoms with Gasteiger partial charge in [-0.2, -0.15) is 0 Å². The molecule has 1 heterocycles. The molecule has 0 aliphatic carbocycles. The number of fused-ring (bicyclic) bond motifs is 1. The molecule has 1 unspecified atom stereocenters. The van der Waals surface area contributed by atoms with E-state index in [1.54, 1.807) is 12.1 Å². The molecule has 5 nitrogen and oxygen atoms in total. The predicted molar refractivity (Wildman–Crippen MR) is 85.1 cm³/mol. The van der Waals surface area contributed by atoms with Crippen molar-refractivity contribution in [2.75, 3.05) is 12.8 Å². The van der Waals surface area contributed by atoms with Crippen molar-refractivity contribution in [1.82, 2.24) is 9.97 Å². The molecule has 1 aromatic heterocycles. The van der Waals surface area contributed by atoms with Crippen LogP contribution in [0.15, 0.2) is 23.1 Å². The van der Waals surface area contributed by atoms with Gasteiger partial charge in [0.05, 0.1) is 10.4 Å². The van der Waals surface area contributed by atoms with Crippen molar-refractivity contribution < 1.29 is 8.42 Å². The summed E-state index contributed by atoms with van der Waals surface area (Å²) in [5.41, 5.74) is 7.25. The van der Waals surface area contributed by atoms with Crippen LogP contribution in [-0.2, 0) is 9.84 Å². The summed E-state index contributed by atoms with van der Waals surface area (Å²) < 4.78 is 23.7. The number of benzene rings is 1. The van der Waals surface area contributed by atoms with E-state index >= 15 is 0 Å². The molecule has 1 aromatic carbocycles. The highest BCUT2D eigenvalue weighted by Crippen LogP contribution is 2.31. The first-order valence-electron chi connectivity index (χ1n) is 7.00. The molecule has 0 radical (unpaired) electrons. The number of hydrogen-bond donors (Lipinski definition) is 2. The van der Waals surface area contributed by atoms with E-state index in [4.69, 9.17) is 5.73 Å². The van der Waals surface area contributed by atoms with Gasteiger partial charge >= 0.3 is 0 Å². The summed E-state index contributed by atoms with van der Waals surface area (Å²) in [5, 5.41) is 0. The fourth-order valence-corrected chi connectivity index (χ4v) is 3.38. The SMILES string of the molecule is CC(C)(C)CC(CN)c1nc2c(S(C)(=O)=O)cccc2[nH]1. The van der Waals surface area contributed by atoms with E-state index in [1.807, 2.05) is 6.07 Å². The molecule has 0 fully saturated rings. The first kappa shape index (κ1) is 16.0. The second-order valence-electron chi connectivity index (χ2n) is 6.74. The molecule has 116 valence electrons. The van der Waals surface area contributed by atoms with Crippen LogP contribution < -0.4 is 5.73 Å². The van der Waals surface area contributed by atoms with E-state index in [1.165, 1.54) is 6.26 Å². The molecular weight excluding hydrogens is 286 g/mol. The van der Waals surface area contributed by atoms with Crippen LogP contribution in [0.25, 0.3) is 11.0 Å². The van der Waals surface area contributed by atoms with Crippen LogP contribution in [0.5, 0.6) is 0 Å². The largest absolute Gasteiger partial charge is 0.342 e. The minimum absolute atomic E-state index is 0.0878. The summed E-state index contributed by atoms with van der Waals surface area (Å²) in [4.78, 5) is 8.00. The smallest absolute Gasteiger partial charge is 0.177 e.